The average Bonchev–Trinajstić information content (AvgIpc) is 3.10. The molecular formula is C19H12F2N2O4S. The molecular weight excluding hydrogens is 390 g/mol. The molecule has 1 N–H and O–H groups in total. The molecule has 0 aliphatic heterocycles. The van der Waals surface area contributed by atoms with Gasteiger partial charge in [-0.1, -0.05) is 18.2 Å². The maximum absolute atomic E-state index is 12.3. The smallest absolute Gasteiger partial charge is 0.387 e. The maximum atomic E-state index is 12.3. The summed E-state index contributed by atoms with van der Waals surface area (Å²) >= 11 is 1.22. The highest BCUT2D eigenvalue weighted by molar-refractivity contribution is 7.19. The minimum Gasteiger partial charge on any atom is -0.507 e. The first-order chi connectivity index (χ1) is 13.5. The zero-order valence-corrected chi connectivity index (χ0v) is 15.0. The number of para-hydroxylation sites is 1. The Labute approximate surface area is 161 Å². The summed E-state index contributed by atoms with van der Waals surface area (Å²) in [5.74, 6) is -1.53. The van der Waals surface area contributed by atoms with E-state index in [-0.39, 0.29) is 16.9 Å². The van der Waals surface area contributed by atoms with E-state index < -0.39 is 24.9 Å². The molecule has 0 bridgehead atoms. The van der Waals surface area contributed by atoms with Crippen molar-refractivity contribution in [3.8, 4) is 11.8 Å². The van der Waals surface area contributed by atoms with Crippen molar-refractivity contribution in [1.82, 2.24) is 4.98 Å². The summed E-state index contributed by atoms with van der Waals surface area (Å²) in [6.45, 7) is -3.59. The normalized spacial score (nSPS) is 11.8. The standard InChI is InChI=1S/C19H12F2N2O4S/c20-19(21)27-12-5-3-4-11(8-12)18(25)26-10-15(24)13(9-22)17-23-14-6-1-2-7-16(14)28-17/h1-8,19,24H,10H2/b15-13-. The third-order valence-electron chi connectivity index (χ3n) is 3.54. The lowest BCUT2D eigenvalue weighted by Crippen LogP contribution is -2.10. The van der Waals surface area contributed by atoms with Crippen LogP contribution in [0.2, 0.25) is 0 Å². The number of allylic oxidation sites excluding steroid dienone is 1. The topological polar surface area (TPSA) is 92.4 Å². The van der Waals surface area contributed by atoms with Gasteiger partial charge in [-0.3, -0.25) is 0 Å². The Bertz CT molecular complexity index is 1060. The molecule has 3 aromatic rings. The molecule has 1 aromatic heterocycles. The Kier molecular flexibility index (Phi) is 5.81. The second kappa shape index (κ2) is 8.45. The van der Waals surface area contributed by atoms with Crippen LogP contribution in [0.15, 0.2) is 54.3 Å². The fourth-order valence-corrected chi connectivity index (χ4v) is 3.29. The first kappa shape index (κ1) is 19.3. The van der Waals surface area contributed by atoms with E-state index in [1.807, 2.05) is 18.2 Å². The van der Waals surface area contributed by atoms with Gasteiger partial charge in [-0.2, -0.15) is 14.0 Å². The number of ether oxygens (including phenoxy) is 2. The van der Waals surface area contributed by atoms with E-state index in [0.717, 1.165) is 10.8 Å². The van der Waals surface area contributed by atoms with E-state index in [2.05, 4.69) is 9.72 Å². The van der Waals surface area contributed by atoms with Crippen LogP contribution < -0.4 is 4.74 Å². The van der Waals surface area contributed by atoms with E-state index in [4.69, 9.17) is 4.74 Å². The minimum atomic E-state index is -3.02. The lowest BCUT2D eigenvalue weighted by molar-refractivity contribution is -0.0499. The van der Waals surface area contributed by atoms with Crippen LogP contribution in [0.25, 0.3) is 15.8 Å². The number of nitriles is 1. The number of carbonyl (C=O) groups excluding carboxylic acids is 1. The van der Waals surface area contributed by atoms with E-state index in [9.17, 15) is 23.9 Å². The van der Waals surface area contributed by atoms with Crippen molar-refractivity contribution >= 4 is 33.1 Å². The summed E-state index contributed by atoms with van der Waals surface area (Å²) < 4.78 is 34.5. The highest BCUT2D eigenvalue weighted by Crippen LogP contribution is 2.28. The predicted octanol–water partition coefficient (Wildman–Crippen LogP) is 4.55. The van der Waals surface area contributed by atoms with Crippen LogP contribution in [0, 0.1) is 11.3 Å². The molecule has 9 heteroatoms. The number of benzene rings is 2. The molecule has 0 fully saturated rings. The summed E-state index contributed by atoms with van der Waals surface area (Å²) in [5.41, 5.74) is 0.532. The molecule has 6 nitrogen and oxygen atoms in total. The highest BCUT2D eigenvalue weighted by Gasteiger charge is 2.16. The summed E-state index contributed by atoms with van der Waals surface area (Å²) in [7, 11) is 0. The molecule has 1 heterocycles. The number of fused-ring (bicyclic) bond motifs is 1. The lowest BCUT2D eigenvalue weighted by Gasteiger charge is -2.08. The monoisotopic (exact) mass is 402 g/mol. The van der Waals surface area contributed by atoms with Crippen molar-refractivity contribution in [2.45, 2.75) is 6.61 Å². The molecule has 0 aliphatic rings. The highest BCUT2D eigenvalue weighted by atomic mass is 32.1. The summed E-state index contributed by atoms with van der Waals surface area (Å²) in [4.78, 5) is 16.4. The number of thiazole rings is 1. The van der Waals surface area contributed by atoms with Crippen molar-refractivity contribution in [1.29, 1.82) is 5.26 Å². The predicted molar refractivity (Wildman–Crippen MR) is 98.1 cm³/mol. The zero-order chi connectivity index (χ0) is 20.1. The number of alkyl halides is 2. The minimum absolute atomic E-state index is 0.0376. The number of nitrogens with zero attached hydrogens (tertiary/aromatic N) is 2. The molecule has 2 aromatic carbocycles. The Balaban J connectivity index is 1.75. The second-order valence-corrected chi connectivity index (χ2v) is 6.43. The molecule has 0 atom stereocenters. The number of hydrogen-bond donors (Lipinski definition) is 1. The SMILES string of the molecule is N#C/C(=C(/O)COC(=O)c1cccc(OC(F)F)c1)c1nc2ccccc2s1. The number of aromatic nitrogens is 1. The number of aliphatic hydroxyl groups excluding tert-OH is 1. The van der Waals surface area contributed by atoms with Gasteiger partial charge in [-0.25, -0.2) is 9.78 Å². The molecule has 0 radical (unpaired) electrons. The average molecular weight is 402 g/mol. The van der Waals surface area contributed by atoms with Crippen LogP contribution in [-0.4, -0.2) is 29.3 Å². The van der Waals surface area contributed by atoms with Crippen molar-refractivity contribution < 1.29 is 28.2 Å². The van der Waals surface area contributed by atoms with Crippen LogP contribution in [-0.2, 0) is 4.74 Å². The van der Waals surface area contributed by atoms with Crippen molar-refractivity contribution in [3.05, 3.63) is 64.9 Å². The van der Waals surface area contributed by atoms with Crippen LogP contribution >= 0.6 is 11.3 Å². The molecule has 0 amide bonds. The lowest BCUT2D eigenvalue weighted by atomic mass is 10.2. The van der Waals surface area contributed by atoms with Crippen molar-refractivity contribution in [3.63, 3.8) is 0 Å². The van der Waals surface area contributed by atoms with E-state index >= 15 is 0 Å². The number of halogens is 2. The molecule has 0 unspecified atom stereocenters. The van der Waals surface area contributed by atoms with E-state index in [0.29, 0.717) is 10.5 Å². The van der Waals surface area contributed by atoms with Gasteiger partial charge < -0.3 is 14.6 Å². The Morgan fingerprint density at radius 3 is 2.75 bits per heavy atom. The summed E-state index contributed by atoms with van der Waals surface area (Å²) in [6, 6.07) is 14.1. The van der Waals surface area contributed by atoms with Gasteiger partial charge in [0.2, 0.25) is 0 Å². The van der Waals surface area contributed by atoms with Crippen LogP contribution in [0.4, 0.5) is 8.78 Å². The number of carbonyl (C=O) groups is 1. The quantitative estimate of drug-likeness (QED) is 0.369. The molecule has 0 aliphatic carbocycles. The third kappa shape index (κ3) is 4.42. The van der Waals surface area contributed by atoms with Crippen molar-refractivity contribution in [2.24, 2.45) is 0 Å². The molecule has 0 saturated carbocycles. The largest absolute Gasteiger partial charge is 0.507 e. The number of hydrogen-bond acceptors (Lipinski definition) is 7. The molecule has 3 rings (SSSR count). The fraction of sp³-hybridized carbons (Fsp3) is 0.105. The van der Waals surface area contributed by atoms with Gasteiger partial charge >= 0.3 is 12.6 Å². The second-order valence-electron chi connectivity index (χ2n) is 5.40. The number of esters is 1. The van der Waals surface area contributed by atoms with Crippen LogP contribution in [0.1, 0.15) is 15.4 Å². The zero-order valence-electron chi connectivity index (χ0n) is 14.1. The van der Waals surface area contributed by atoms with Gasteiger partial charge in [0.1, 0.15) is 29.0 Å². The van der Waals surface area contributed by atoms with E-state index in [1.54, 1.807) is 12.1 Å². The summed E-state index contributed by atoms with van der Waals surface area (Å²) in [5, 5.41) is 19.8. The van der Waals surface area contributed by atoms with Gasteiger partial charge in [0.05, 0.1) is 15.8 Å². The number of rotatable bonds is 6. The van der Waals surface area contributed by atoms with Gasteiger partial charge in [-0.05, 0) is 30.3 Å². The first-order valence-corrected chi connectivity index (χ1v) is 8.69. The molecule has 142 valence electrons. The van der Waals surface area contributed by atoms with Crippen LogP contribution in [0.5, 0.6) is 5.75 Å². The Hall–Kier alpha value is -3.51. The van der Waals surface area contributed by atoms with Gasteiger partial charge in [0.15, 0.2) is 5.76 Å². The van der Waals surface area contributed by atoms with Crippen LogP contribution in [0.3, 0.4) is 0 Å². The van der Waals surface area contributed by atoms with Gasteiger partial charge in [0, 0.05) is 0 Å². The fourth-order valence-electron chi connectivity index (χ4n) is 2.30. The third-order valence-corrected chi connectivity index (χ3v) is 4.60. The Morgan fingerprint density at radius 1 is 1.25 bits per heavy atom. The first-order valence-electron chi connectivity index (χ1n) is 7.88. The summed E-state index contributed by atoms with van der Waals surface area (Å²) in [6.07, 6.45) is 0. The Morgan fingerprint density at radius 2 is 2.04 bits per heavy atom. The maximum Gasteiger partial charge on any atom is 0.387 e. The molecule has 0 spiro atoms. The van der Waals surface area contributed by atoms with Gasteiger partial charge in [0.25, 0.3) is 0 Å². The number of aliphatic hydroxyl groups is 1. The van der Waals surface area contributed by atoms with E-state index in [1.165, 1.54) is 29.5 Å². The molecule has 28 heavy (non-hydrogen) atoms. The van der Waals surface area contributed by atoms with Gasteiger partial charge in [-0.15, -0.1) is 11.3 Å². The van der Waals surface area contributed by atoms with Crippen molar-refractivity contribution in [2.75, 3.05) is 6.61 Å². The molecule has 0 saturated heterocycles.